The zero-order valence-corrected chi connectivity index (χ0v) is 13.4. The van der Waals surface area contributed by atoms with E-state index < -0.39 is 17.9 Å². The highest BCUT2D eigenvalue weighted by molar-refractivity contribution is 7.13. The van der Waals surface area contributed by atoms with E-state index in [1.165, 1.54) is 11.3 Å². The molecule has 2 atom stereocenters. The normalized spacial score (nSPS) is 13.6. The number of carbonyl (C=O) groups is 2. The Morgan fingerprint density at radius 1 is 1.45 bits per heavy atom. The second-order valence-electron chi connectivity index (χ2n) is 5.12. The Hall–Kier alpha value is -2.15. The molecule has 2 unspecified atom stereocenters. The maximum Gasteiger partial charge on any atom is 0.326 e. The lowest BCUT2D eigenvalue weighted by atomic mass is 9.99. The molecule has 0 bridgehead atoms. The first kappa shape index (κ1) is 16.2. The van der Waals surface area contributed by atoms with Crippen LogP contribution in [-0.2, 0) is 4.79 Å². The molecule has 6 nitrogen and oxygen atoms in total. The van der Waals surface area contributed by atoms with Crippen molar-refractivity contribution >= 4 is 23.2 Å². The van der Waals surface area contributed by atoms with Crippen molar-refractivity contribution in [3.05, 3.63) is 29.0 Å². The highest BCUT2D eigenvalue weighted by Crippen LogP contribution is 2.25. The molecule has 2 rings (SSSR count). The number of nitrogens with zero attached hydrogens (tertiary/aromatic N) is 1. The molecule has 2 aromatic rings. The Balaban J connectivity index is 2.13. The van der Waals surface area contributed by atoms with E-state index in [-0.39, 0.29) is 11.6 Å². The largest absolute Gasteiger partial charge is 0.480 e. The lowest BCUT2D eigenvalue weighted by Crippen LogP contribution is -2.45. The SMILES string of the molecule is CCC(C)C(NC(=O)c1csc(-c2ccc(C)o2)n1)C(=O)O. The number of thiazole rings is 1. The molecule has 0 fully saturated rings. The predicted octanol–water partition coefficient (Wildman–Crippen LogP) is 2.94. The molecule has 0 aliphatic carbocycles. The third kappa shape index (κ3) is 3.54. The third-order valence-corrected chi connectivity index (χ3v) is 4.31. The molecule has 0 aliphatic rings. The number of hydrogen-bond donors (Lipinski definition) is 2. The number of carboxylic acid groups (broad SMARTS) is 1. The summed E-state index contributed by atoms with van der Waals surface area (Å²) in [5, 5.41) is 13.9. The van der Waals surface area contributed by atoms with E-state index in [4.69, 9.17) is 4.42 Å². The fraction of sp³-hybridized carbons (Fsp3) is 0.400. The molecule has 0 saturated carbocycles. The maximum absolute atomic E-state index is 12.2. The fourth-order valence-electron chi connectivity index (χ4n) is 1.94. The van der Waals surface area contributed by atoms with Crippen molar-refractivity contribution in [2.75, 3.05) is 0 Å². The van der Waals surface area contributed by atoms with Gasteiger partial charge in [0, 0.05) is 5.38 Å². The van der Waals surface area contributed by atoms with Gasteiger partial charge in [-0.2, -0.15) is 0 Å². The monoisotopic (exact) mass is 322 g/mol. The summed E-state index contributed by atoms with van der Waals surface area (Å²) >= 11 is 1.28. The fourth-order valence-corrected chi connectivity index (χ4v) is 2.70. The number of hydrogen-bond acceptors (Lipinski definition) is 5. The predicted molar refractivity (Wildman–Crippen MR) is 82.9 cm³/mol. The van der Waals surface area contributed by atoms with Gasteiger partial charge in [0.15, 0.2) is 10.8 Å². The van der Waals surface area contributed by atoms with Crippen molar-refractivity contribution in [2.24, 2.45) is 5.92 Å². The second-order valence-corrected chi connectivity index (χ2v) is 5.98. The van der Waals surface area contributed by atoms with Crippen molar-refractivity contribution in [2.45, 2.75) is 33.2 Å². The summed E-state index contributed by atoms with van der Waals surface area (Å²) in [6, 6.07) is 2.68. The topological polar surface area (TPSA) is 92.4 Å². The number of aliphatic carboxylic acids is 1. The summed E-state index contributed by atoms with van der Waals surface area (Å²) in [5.74, 6) is -0.331. The van der Waals surface area contributed by atoms with Crippen LogP contribution in [0.1, 0.15) is 36.5 Å². The van der Waals surface area contributed by atoms with E-state index >= 15 is 0 Å². The smallest absolute Gasteiger partial charge is 0.326 e. The molecule has 0 aliphatic heterocycles. The highest BCUT2D eigenvalue weighted by atomic mass is 32.1. The minimum Gasteiger partial charge on any atom is -0.480 e. The van der Waals surface area contributed by atoms with Crippen molar-refractivity contribution in [1.29, 1.82) is 0 Å². The van der Waals surface area contributed by atoms with Crippen molar-refractivity contribution < 1.29 is 19.1 Å². The number of furan rings is 1. The van der Waals surface area contributed by atoms with Crippen LogP contribution in [0.25, 0.3) is 10.8 Å². The zero-order chi connectivity index (χ0) is 16.3. The van der Waals surface area contributed by atoms with E-state index in [1.54, 1.807) is 18.4 Å². The zero-order valence-electron chi connectivity index (χ0n) is 12.6. The Bertz CT molecular complexity index is 677. The molecule has 0 spiro atoms. The van der Waals surface area contributed by atoms with Gasteiger partial charge in [-0.25, -0.2) is 9.78 Å². The Morgan fingerprint density at radius 2 is 2.18 bits per heavy atom. The van der Waals surface area contributed by atoms with E-state index in [2.05, 4.69) is 10.3 Å². The van der Waals surface area contributed by atoms with Crippen LogP contribution < -0.4 is 5.32 Å². The van der Waals surface area contributed by atoms with E-state index in [0.717, 1.165) is 5.76 Å². The summed E-state index contributed by atoms with van der Waals surface area (Å²) < 4.78 is 5.46. The van der Waals surface area contributed by atoms with Crippen LogP contribution in [0.4, 0.5) is 0 Å². The van der Waals surface area contributed by atoms with Gasteiger partial charge in [0.1, 0.15) is 17.5 Å². The molecule has 22 heavy (non-hydrogen) atoms. The molecule has 1 amide bonds. The third-order valence-electron chi connectivity index (χ3n) is 3.45. The summed E-state index contributed by atoms with van der Waals surface area (Å²) in [6.07, 6.45) is 0.658. The average molecular weight is 322 g/mol. The first-order chi connectivity index (χ1) is 10.4. The first-order valence-electron chi connectivity index (χ1n) is 6.98. The van der Waals surface area contributed by atoms with Gasteiger partial charge in [-0.1, -0.05) is 20.3 Å². The molecule has 0 saturated heterocycles. The summed E-state index contributed by atoms with van der Waals surface area (Å²) in [4.78, 5) is 27.6. The van der Waals surface area contributed by atoms with E-state index in [9.17, 15) is 14.7 Å². The minimum absolute atomic E-state index is 0.160. The number of aromatic nitrogens is 1. The second kappa shape index (κ2) is 6.74. The number of carbonyl (C=O) groups excluding carboxylic acids is 1. The van der Waals surface area contributed by atoms with Crippen LogP contribution >= 0.6 is 11.3 Å². The number of nitrogens with one attached hydrogen (secondary N) is 1. The van der Waals surface area contributed by atoms with Gasteiger partial charge in [-0.05, 0) is 25.0 Å². The molecule has 0 radical (unpaired) electrons. The quantitative estimate of drug-likeness (QED) is 0.853. The summed E-state index contributed by atoms with van der Waals surface area (Å²) in [5.41, 5.74) is 0.198. The lowest BCUT2D eigenvalue weighted by Gasteiger charge is -2.19. The minimum atomic E-state index is -1.04. The lowest BCUT2D eigenvalue weighted by molar-refractivity contribution is -0.140. The number of amides is 1. The van der Waals surface area contributed by atoms with Gasteiger partial charge in [0.05, 0.1) is 0 Å². The van der Waals surface area contributed by atoms with Crippen LogP contribution in [0.15, 0.2) is 21.9 Å². The van der Waals surface area contributed by atoms with Crippen molar-refractivity contribution in [1.82, 2.24) is 10.3 Å². The van der Waals surface area contributed by atoms with Gasteiger partial charge in [-0.15, -0.1) is 11.3 Å². The highest BCUT2D eigenvalue weighted by Gasteiger charge is 2.26. The molecule has 7 heteroatoms. The first-order valence-corrected chi connectivity index (χ1v) is 7.86. The number of carboxylic acids is 1. The molecule has 2 aromatic heterocycles. The number of rotatable bonds is 6. The maximum atomic E-state index is 12.2. The van der Waals surface area contributed by atoms with Crippen LogP contribution in [0, 0.1) is 12.8 Å². The van der Waals surface area contributed by atoms with Crippen LogP contribution in [0.3, 0.4) is 0 Å². The molecular formula is C15H18N2O4S. The van der Waals surface area contributed by atoms with Crippen molar-refractivity contribution in [3.8, 4) is 10.8 Å². The van der Waals surface area contributed by atoms with Crippen molar-refractivity contribution in [3.63, 3.8) is 0 Å². The van der Waals surface area contributed by atoms with Crippen LogP contribution in [-0.4, -0.2) is 28.0 Å². The van der Waals surface area contributed by atoms with Gasteiger partial charge in [0.2, 0.25) is 0 Å². The van der Waals surface area contributed by atoms with Gasteiger partial charge in [-0.3, -0.25) is 4.79 Å². The Morgan fingerprint density at radius 3 is 2.73 bits per heavy atom. The van der Waals surface area contributed by atoms with Crippen LogP contribution in [0.5, 0.6) is 0 Å². The molecule has 2 heterocycles. The molecule has 2 N–H and O–H groups in total. The van der Waals surface area contributed by atoms with Gasteiger partial charge in [0.25, 0.3) is 5.91 Å². The van der Waals surface area contributed by atoms with E-state index in [1.807, 2.05) is 19.9 Å². The van der Waals surface area contributed by atoms with Crippen LogP contribution in [0.2, 0.25) is 0 Å². The Kier molecular flexibility index (Phi) is 4.97. The summed E-state index contributed by atoms with van der Waals surface area (Å²) in [6.45, 7) is 5.50. The summed E-state index contributed by atoms with van der Waals surface area (Å²) in [7, 11) is 0. The van der Waals surface area contributed by atoms with Gasteiger partial charge < -0.3 is 14.8 Å². The standard InChI is InChI=1S/C15H18N2O4S/c1-4-8(2)12(15(19)20)17-13(18)10-7-22-14(16-10)11-6-5-9(3)21-11/h5-8,12H,4H2,1-3H3,(H,17,18)(H,19,20). The Labute approximate surface area is 132 Å². The van der Waals surface area contributed by atoms with Gasteiger partial charge >= 0.3 is 5.97 Å². The molecular weight excluding hydrogens is 304 g/mol. The number of aryl methyl sites for hydroxylation is 1. The molecule has 0 aromatic carbocycles. The molecule has 118 valence electrons. The van der Waals surface area contributed by atoms with E-state index in [0.29, 0.717) is 17.2 Å². The average Bonchev–Trinajstić information content (AvgIpc) is 3.11.